The quantitative estimate of drug-likeness (QED) is 0.802. The number of hydrogen-bond acceptors (Lipinski definition) is 3. The molecule has 23 heavy (non-hydrogen) atoms. The van der Waals surface area contributed by atoms with E-state index in [1.165, 1.54) is 24.8 Å². The van der Waals surface area contributed by atoms with E-state index in [9.17, 15) is 13.2 Å². The van der Waals surface area contributed by atoms with Crippen LogP contribution in [0.5, 0.6) is 0 Å². The summed E-state index contributed by atoms with van der Waals surface area (Å²) in [5, 5.41) is 2.95. The van der Waals surface area contributed by atoms with Crippen molar-refractivity contribution in [2.75, 3.05) is 25.4 Å². The summed E-state index contributed by atoms with van der Waals surface area (Å²) in [7, 11) is -3.14. The predicted octanol–water partition coefficient (Wildman–Crippen LogP) is 2.88. The second kappa shape index (κ2) is 7.69. The standard InChI is InChI=1S/C17H30N2O3S/c1-17(2)10-12-19(13-14-23(17,21)22)16(20)18-11-9-15-7-5-3-4-6-8-15/h7H,3-6,8-14H2,1-2H3,(H,18,20). The largest absolute Gasteiger partial charge is 0.338 e. The van der Waals surface area contributed by atoms with Crippen molar-refractivity contribution >= 4 is 15.9 Å². The van der Waals surface area contributed by atoms with Crippen molar-refractivity contribution in [2.45, 2.75) is 63.5 Å². The first-order valence-corrected chi connectivity index (χ1v) is 10.4. The van der Waals surface area contributed by atoms with Gasteiger partial charge in [0.15, 0.2) is 9.84 Å². The summed E-state index contributed by atoms with van der Waals surface area (Å²) in [4.78, 5) is 13.9. The Balaban J connectivity index is 1.81. The second-order valence-corrected chi connectivity index (χ2v) is 10.0. The first-order valence-electron chi connectivity index (χ1n) is 8.75. The fraction of sp³-hybridized carbons (Fsp3) is 0.824. The van der Waals surface area contributed by atoms with Crippen LogP contribution in [0.1, 0.15) is 58.8 Å². The lowest BCUT2D eigenvalue weighted by atomic mass is 10.1. The maximum atomic E-state index is 12.3. The highest BCUT2D eigenvalue weighted by Crippen LogP contribution is 2.25. The molecule has 0 bridgehead atoms. The van der Waals surface area contributed by atoms with Gasteiger partial charge in [0.05, 0.1) is 10.5 Å². The first kappa shape index (κ1) is 18.3. The lowest BCUT2D eigenvalue weighted by Crippen LogP contribution is -2.41. The van der Waals surface area contributed by atoms with Crippen LogP contribution in [0, 0.1) is 0 Å². The molecule has 0 aromatic heterocycles. The number of hydrogen-bond donors (Lipinski definition) is 1. The monoisotopic (exact) mass is 342 g/mol. The molecule has 0 radical (unpaired) electrons. The third kappa shape index (κ3) is 4.96. The Morgan fingerprint density at radius 3 is 2.83 bits per heavy atom. The molecule has 0 saturated carbocycles. The minimum absolute atomic E-state index is 0.0541. The van der Waals surface area contributed by atoms with Gasteiger partial charge in [0.2, 0.25) is 0 Å². The van der Waals surface area contributed by atoms with Gasteiger partial charge in [0.25, 0.3) is 0 Å². The lowest BCUT2D eigenvalue weighted by molar-refractivity contribution is 0.200. The van der Waals surface area contributed by atoms with Gasteiger partial charge in [-0.1, -0.05) is 18.1 Å². The van der Waals surface area contributed by atoms with E-state index < -0.39 is 14.6 Å². The van der Waals surface area contributed by atoms with Crippen LogP contribution in [-0.4, -0.2) is 49.5 Å². The number of rotatable bonds is 3. The van der Waals surface area contributed by atoms with Gasteiger partial charge in [-0.2, -0.15) is 0 Å². The normalized spacial score (nSPS) is 24.3. The molecule has 0 unspecified atom stereocenters. The molecule has 0 spiro atoms. The Morgan fingerprint density at radius 2 is 2.04 bits per heavy atom. The molecule has 1 saturated heterocycles. The highest BCUT2D eigenvalue weighted by atomic mass is 32.2. The maximum Gasteiger partial charge on any atom is 0.317 e. The van der Waals surface area contributed by atoms with Crippen molar-refractivity contribution in [1.29, 1.82) is 0 Å². The smallest absolute Gasteiger partial charge is 0.317 e. The summed E-state index contributed by atoms with van der Waals surface area (Å²) in [6.07, 6.45) is 9.84. The SMILES string of the molecule is CC1(C)CCN(C(=O)NCCC2=CCCCCC2)CCS1(=O)=O. The Hall–Kier alpha value is -1.04. The summed E-state index contributed by atoms with van der Waals surface area (Å²) in [6.45, 7) is 4.93. The fourth-order valence-electron chi connectivity index (χ4n) is 3.13. The molecule has 1 heterocycles. The summed E-state index contributed by atoms with van der Waals surface area (Å²) in [5.74, 6) is 0.0541. The van der Waals surface area contributed by atoms with Gasteiger partial charge in [0.1, 0.15) is 0 Å². The molecule has 0 aromatic carbocycles. The molecule has 2 rings (SSSR count). The van der Waals surface area contributed by atoms with Crippen molar-refractivity contribution in [1.82, 2.24) is 10.2 Å². The molecular weight excluding hydrogens is 312 g/mol. The van der Waals surface area contributed by atoms with Crippen LogP contribution >= 0.6 is 0 Å². The van der Waals surface area contributed by atoms with Gasteiger partial charge >= 0.3 is 6.03 Å². The van der Waals surface area contributed by atoms with Gasteiger partial charge in [-0.15, -0.1) is 0 Å². The number of amides is 2. The second-order valence-electron chi connectivity index (χ2n) is 7.26. The molecule has 1 aliphatic carbocycles. The average molecular weight is 343 g/mol. The Kier molecular flexibility index (Phi) is 6.12. The molecule has 2 amide bonds. The lowest BCUT2D eigenvalue weighted by Gasteiger charge is -2.23. The Morgan fingerprint density at radius 1 is 1.26 bits per heavy atom. The van der Waals surface area contributed by atoms with Gasteiger partial charge in [-0.05, 0) is 52.4 Å². The third-order valence-electron chi connectivity index (χ3n) is 5.10. The van der Waals surface area contributed by atoms with Gasteiger partial charge in [-0.25, -0.2) is 13.2 Å². The van der Waals surface area contributed by atoms with E-state index in [-0.39, 0.29) is 11.8 Å². The Labute approximate surface area is 140 Å². The minimum Gasteiger partial charge on any atom is -0.338 e. The highest BCUT2D eigenvalue weighted by molar-refractivity contribution is 7.92. The van der Waals surface area contributed by atoms with E-state index in [0.717, 1.165) is 19.3 Å². The summed E-state index contributed by atoms with van der Waals surface area (Å²) < 4.78 is 23.6. The molecule has 5 nitrogen and oxygen atoms in total. The number of nitrogens with zero attached hydrogens (tertiary/aromatic N) is 1. The number of nitrogens with one attached hydrogen (secondary N) is 1. The van der Waals surface area contributed by atoms with Crippen molar-refractivity contribution < 1.29 is 13.2 Å². The van der Waals surface area contributed by atoms with E-state index in [0.29, 0.717) is 26.1 Å². The third-order valence-corrected chi connectivity index (χ3v) is 7.71. The summed E-state index contributed by atoms with van der Waals surface area (Å²) in [5.41, 5.74) is 1.45. The van der Waals surface area contributed by atoms with Crippen LogP contribution in [0.4, 0.5) is 4.79 Å². The summed E-state index contributed by atoms with van der Waals surface area (Å²) >= 11 is 0. The topological polar surface area (TPSA) is 66.5 Å². The van der Waals surface area contributed by atoms with E-state index in [1.807, 2.05) is 0 Å². The highest BCUT2D eigenvalue weighted by Gasteiger charge is 2.37. The van der Waals surface area contributed by atoms with E-state index in [2.05, 4.69) is 11.4 Å². The molecule has 1 fully saturated rings. The van der Waals surface area contributed by atoms with Gasteiger partial charge in [-0.3, -0.25) is 0 Å². The number of allylic oxidation sites excluding steroid dienone is 1. The van der Waals surface area contributed by atoms with Crippen molar-refractivity contribution in [3.05, 3.63) is 11.6 Å². The van der Waals surface area contributed by atoms with Crippen LogP contribution < -0.4 is 5.32 Å². The Bertz CT molecular complexity index is 552. The fourth-order valence-corrected chi connectivity index (χ4v) is 4.55. The van der Waals surface area contributed by atoms with Crippen LogP contribution in [0.2, 0.25) is 0 Å². The number of urea groups is 1. The number of sulfone groups is 1. The van der Waals surface area contributed by atoms with E-state index in [4.69, 9.17) is 0 Å². The van der Waals surface area contributed by atoms with Crippen molar-refractivity contribution in [3.8, 4) is 0 Å². The van der Waals surface area contributed by atoms with Crippen LogP contribution in [0.15, 0.2) is 11.6 Å². The zero-order valence-electron chi connectivity index (χ0n) is 14.4. The molecule has 1 aliphatic heterocycles. The van der Waals surface area contributed by atoms with Crippen LogP contribution in [-0.2, 0) is 9.84 Å². The van der Waals surface area contributed by atoms with Crippen molar-refractivity contribution in [2.24, 2.45) is 0 Å². The van der Waals surface area contributed by atoms with E-state index >= 15 is 0 Å². The van der Waals surface area contributed by atoms with E-state index in [1.54, 1.807) is 18.7 Å². The molecular formula is C17H30N2O3S. The number of carbonyl (C=O) groups excluding carboxylic acids is 1. The molecule has 132 valence electrons. The zero-order chi connectivity index (χ0) is 16.9. The number of carbonyl (C=O) groups is 1. The average Bonchev–Trinajstić information content (AvgIpc) is 2.79. The first-order chi connectivity index (χ1) is 10.8. The minimum atomic E-state index is -3.14. The zero-order valence-corrected chi connectivity index (χ0v) is 15.3. The molecule has 0 atom stereocenters. The van der Waals surface area contributed by atoms with Gasteiger partial charge < -0.3 is 10.2 Å². The predicted molar refractivity (Wildman–Crippen MR) is 93.2 cm³/mol. The van der Waals surface area contributed by atoms with Crippen molar-refractivity contribution in [3.63, 3.8) is 0 Å². The molecule has 0 aromatic rings. The van der Waals surface area contributed by atoms with Crippen LogP contribution in [0.3, 0.4) is 0 Å². The molecule has 1 N–H and O–H groups in total. The summed E-state index contributed by atoms with van der Waals surface area (Å²) in [6, 6.07) is -0.132. The maximum absolute atomic E-state index is 12.3. The van der Waals surface area contributed by atoms with Gasteiger partial charge in [0, 0.05) is 19.6 Å². The molecule has 2 aliphatic rings. The molecule has 6 heteroatoms. The van der Waals surface area contributed by atoms with Crippen LogP contribution in [0.25, 0.3) is 0 Å².